The largest absolute Gasteiger partial charge is 0.478 e. The highest BCUT2D eigenvalue weighted by Crippen LogP contribution is 2.21. The van der Waals surface area contributed by atoms with Crippen molar-refractivity contribution in [2.45, 2.75) is 25.3 Å². The van der Waals surface area contributed by atoms with Gasteiger partial charge in [-0.3, -0.25) is 4.79 Å². The summed E-state index contributed by atoms with van der Waals surface area (Å²) in [6, 6.07) is 10.2. The highest BCUT2D eigenvalue weighted by atomic mass is 16.4. The van der Waals surface area contributed by atoms with Gasteiger partial charge in [-0.1, -0.05) is 30.3 Å². The minimum absolute atomic E-state index is 0.174. The normalized spacial score (nSPS) is 18.9. The fraction of sp³-hybridized carbons (Fsp3) is 0.333. The Hall–Kier alpha value is -2.10. The number of hydrogen-bond acceptors (Lipinski definition) is 2. The zero-order chi connectivity index (χ0) is 13.7. The molecule has 0 aromatic heterocycles. The molecule has 0 aliphatic carbocycles. The van der Waals surface area contributed by atoms with Crippen molar-refractivity contribution in [3.8, 4) is 0 Å². The second-order valence-corrected chi connectivity index (χ2v) is 4.69. The van der Waals surface area contributed by atoms with Gasteiger partial charge in [0.1, 0.15) is 0 Å². The van der Waals surface area contributed by atoms with Crippen molar-refractivity contribution < 1.29 is 14.7 Å². The van der Waals surface area contributed by atoms with Crippen LogP contribution in [0.4, 0.5) is 0 Å². The van der Waals surface area contributed by atoms with Crippen LogP contribution in [0.15, 0.2) is 42.5 Å². The lowest BCUT2D eigenvalue weighted by Gasteiger charge is -2.23. The number of aliphatic carboxylic acids is 1. The molecule has 0 bridgehead atoms. The topological polar surface area (TPSA) is 57.6 Å². The number of carbonyl (C=O) groups is 2. The molecule has 1 heterocycles. The number of hydrogen-bond donors (Lipinski definition) is 1. The summed E-state index contributed by atoms with van der Waals surface area (Å²) in [4.78, 5) is 24.1. The van der Waals surface area contributed by atoms with Crippen molar-refractivity contribution in [1.29, 1.82) is 0 Å². The molecule has 2 rings (SSSR count). The van der Waals surface area contributed by atoms with E-state index >= 15 is 0 Å². The molecule has 1 aliphatic rings. The van der Waals surface area contributed by atoms with Gasteiger partial charge < -0.3 is 10.0 Å². The first-order valence-corrected chi connectivity index (χ1v) is 6.42. The zero-order valence-corrected chi connectivity index (χ0v) is 10.7. The Morgan fingerprint density at radius 3 is 2.68 bits per heavy atom. The molecule has 1 saturated heterocycles. The molecule has 1 aliphatic heterocycles. The van der Waals surface area contributed by atoms with Gasteiger partial charge in [0.05, 0.1) is 0 Å². The van der Waals surface area contributed by atoms with Crippen LogP contribution in [0.5, 0.6) is 0 Å². The monoisotopic (exact) mass is 259 g/mol. The number of rotatable bonds is 4. The van der Waals surface area contributed by atoms with Crippen molar-refractivity contribution in [1.82, 2.24) is 4.90 Å². The van der Waals surface area contributed by atoms with Crippen LogP contribution in [0, 0.1) is 0 Å². The quantitative estimate of drug-likeness (QED) is 0.840. The maximum atomic E-state index is 11.9. The lowest BCUT2D eigenvalue weighted by Crippen LogP contribution is -2.35. The molecule has 0 radical (unpaired) electrons. The van der Waals surface area contributed by atoms with E-state index in [-0.39, 0.29) is 11.9 Å². The van der Waals surface area contributed by atoms with E-state index in [0.717, 1.165) is 31.4 Å². The molecule has 19 heavy (non-hydrogen) atoms. The summed E-state index contributed by atoms with van der Waals surface area (Å²) in [5, 5.41) is 8.55. The average molecular weight is 259 g/mol. The van der Waals surface area contributed by atoms with Gasteiger partial charge in [0.15, 0.2) is 0 Å². The molecule has 1 atom stereocenters. The van der Waals surface area contributed by atoms with Gasteiger partial charge in [0.2, 0.25) is 5.91 Å². The van der Waals surface area contributed by atoms with Gasteiger partial charge in [-0.15, -0.1) is 0 Å². The molecule has 0 spiro atoms. The van der Waals surface area contributed by atoms with Crippen LogP contribution in [0.3, 0.4) is 0 Å². The van der Waals surface area contributed by atoms with Crippen molar-refractivity contribution in [3.63, 3.8) is 0 Å². The minimum atomic E-state index is -1.09. The number of likely N-dealkylation sites (tertiary alicyclic amines) is 1. The van der Waals surface area contributed by atoms with E-state index in [1.807, 2.05) is 30.3 Å². The van der Waals surface area contributed by atoms with Gasteiger partial charge in [-0.05, 0) is 24.8 Å². The molecule has 1 amide bonds. The molecule has 1 aromatic rings. The Morgan fingerprint density at radius 1 is 1.26 bits per heavy atom. The molecule has 4 heteroatoms. The standard InChI is InChI=1S/C15H17NO3/c17-14(8-9-15(18)19)16-10-4-7-13(16)11-12-5-2-1-3-6-12/h1-3,5-6,8-9,13H,4,7,10-11H2,(H,18,19)/b9-8+. The average Bonchev–Trinajstić information content (AvgIpc) is 2.85. The molecule has 1 N–H and O–H groups in total. The first-order valence-electron chi connectivity index (χ1n) is 6.42. The maximum Gasteiger partial charge on any atom is 0.328 e. The van der Waals surface area contributed by atoms with Gasteiger partial charge in [0, 0.05) is 24.7 Å². The Morgan fingerprint density at radius 2 is 2.00 bits per heavy atom. The van der Waals surface area contributed by atoms with E-state index in [9.17, 15) is 9.59 Å². The SMILES string of the molecule is O=C(O)/C=C/C(=O)N1CCCC1Cc1ccccc1. The van der Waals surface area contributed by atoms with Crippen LogP contribution in [0.1, 0.15) is 18.4 Å². The summed E-state index contributed by atoms with van der Waals surface area (Å²) in [5.41, 5.74) is 1.20. The molecule has 1 unspecified atom stereocenters. The van der Waals surface area contributed by atoms with E-state index < -0.39 is 5.97 Å². The number of carboxylic acids is 1. The predicted molar refractivity (Wildman–Crippen MR) is 71.7 cm³/mol. The highest BCUT2D eigenvalue weighted by Gasteiger charge is 2.27. The third kappa shape index (κ3) is 3.68. The van der Waals surface area contributed by atoms with E-state index in [2.05, 4.69) is 0 Å². The third-order valence-electron chi connectivity index (χ3n) is 3.34. The van der Waals surface area contributed by atoms with Crippen LogP contribution >= 0.6 is 0 Å². The number of nitrogens with zero attached hydrogens (tertiary/aromatic N) is 1. The van der Waals surface area contributed by atoms with Gasteiger partial charge in [-0.2, -0.15) is 0 Å². The summed E-state index contributed by atoms with van der Waals surface area (Å²) < 4.78 is 0. The van der Waals surface area contributed by atoms with Crippen molar-refractivity contribution >= 4 is 11.9 Å². The number of benzene rings is 1. The van der Waals surface area contributed by atoms with Gasteiger partial charge in [-0.25, -0.2) is 4.79 Å². The van der Waals surface area contributed by atoms with Crippen LogP contribution in [0.25, 0.3) is 0 Å². The molecular formula is C15H17NO3. The van der Waals surface area contributed by atoms with Gasteiger partial charge in [0.25, 0.3) is 0 Å². The minimum Gasteiger partial charge on any atom is -0.478 e. The molecule has 1 fully saturated rings. The molecule has 0 saturated carbocycles. The maximum absolute atomic E-state index is 11.9. The predicted octanol–water partition coefficient (Wildman–Crippen LogP) is 1.86. The number of carboxylic acid groups (broad SMARTS) is 1. The van der Waals surface area contributed by atoms with Crippen molar-refractivity contribution in [2.24, 2.45) is 0 Å². The first kappa shape index (κ1) is 13.3. The fourth-order valence-electron chi connectivity index (χ4n) is 2.46. The van der Waals surface area contributed by atoms with E-state index in [4.69, 9.17) is 5.11 Å². The summed E-state index contributed by atoms with van der Waals surface area (Å²) in [5.74, 6) is -1.30. The van der Waals surface area contributed by atoms with Crippen LogP contribution < -0.4 is 0 Å². The van der Waals surface area contributed by atoms with Crippen molar-refractivity contribution in [2.75, 3.05) is 6.54 Å². The summed E-state index contributed by atoms with van der Waals surface area (Å²) >= 11 is 0. The van der Waals surface area contributed by atoms with Crippen molar-refractivity contribution in [3.05, 3.63) is 48.0 Å². The second-order valence-electron chi connectivity index (χ2n) is 4.69. The van der Waals surface area contributed by atoms with E-state index in [1.54, 1.807) is 4.90 Å². The fourth-order valence-corrected chi connectivity index (χ4v) is 2.46. The Kier molecular flexibility index (Phi) is 4.34. The number of amides is 1. The summed E-state index contributed by atoms with van der Waals surface area (Å²) in [6.07, 6.45) is 4.82. The highest BCUT2D eigenvalue weighted by molar-refractivity contribution is 5.94. The zero-order valence-electron chi connectivity index (χ0n) is 10.7. The van der Waals surface area contributed by atoms with Crippen LogP contribution in [-0.2, 0) is 16.0 Å². The Balaban J connectivity index is 2.01. The lowest BCUT2D eigenvalue weighted by atomic mass is 10.0. The van der Waals surface area contributed by atoms with E-state index in [0.29, 0.717) is 6.54 Å². The first-order chi connectivity index (χ1) is 9.16. The smallest absolute Gasteiger partial charge is 0.328 e. The van der Waals surface area contributed by atoms with Gasteiger partial charge >= 0.3 is 5.97 Å². The molecule has 4 nitrogen and oxygen atoms in total. The molecule has 1 aromatic carbocycles. The van der Waals surface area contributed by atoms with E-state index in [1.165, 1.54) is 5.56 Å². The number of carbonyl (C=O) groups excluding carboxylic acids is 1. The van der Waals surface area contributed by atoms with Crippen LogP contribution in [0.2, 0.25) is 0 Å². The molecular weight excluding hydrogens is 242 g/mol. The summed E-state index contributed by atoms with van der Waals surface area (Å²) in [6.45, 7) is 0.709. The second kappa shape index (κ2) is 6.18. The lowest BCUT2D eigenvalue weighted by molar-refractivity contribution is -0.132. The molecule has 100 valence electrons. The third-order valence-corrected chi connectivity index (χ3v) is 3.34. The van der Waals surface area contributed by atoms with Crippen LogP contribution in [-0.4, -0.2) is 34.5 Å². The summed E-state index contributed by atoms with van der Waals surface area (Å²) in [7, 11) is 0. The Bertz CT molecular complexity index is 481. The Labute approximate surface area is 112 Å².